The highest BCUT2D eigenvalue weighted by Crippen LogP contribution is 2.20. The van der Waals surface area contributed by atoms with Crippen molar-refractivity contribution in [1.82, 2.24) is 15.3 Å². The van der Waals surface area contributed by atoms with E-state index in [9.17, 15) is 4.79 Å². The van der Waals surface area contributed by atoms with E-state index in [0.29, 0.717) is 30.4 Å². The number of para-hydroxylation sites is 1. The van der Waals surface area contributed by atoms with E-state index in [0.717, 1.165) is 30.0 Å². The van der Waals surface area contributed by atoms with E-state index < -0.39 is 0 Å². The molecule has 2 aromatic heterocycles. The summed E-state index contributed by atoms with van der Waals surface area (Å²) in [6.45, 7) is 5.05. The van der Waals surface area contributed by atoms with Gasteiger partial charge in [0.15, 0.2) is 5.76 Å². The van der Waals surface area contributed by atoms with Gasteiger partial charge in [-0.3, -0.25) is 4.79 Å². The van der Waals surface area contributed by atoms with E-state index in [1.54, 1.807) is 6.07 Å². The third-order valence-corrected chi connectivity index (χ3v) is 4.86. The lowest BCUT2D eigenvalue weighted by molar-refractivity contribution is 0.0929. The molecule has 2 N–H and O–H groups in total. The number of amides is 1. The number of nitrogens with one attached hydrogen (secondary N) is 2. The second kappa shape index (κ2) is 8.29. The third-order valence-electron chi connectivity index (χ3n) is 4.86. The van der Waals surface area contributed by atoms with Gasteiger partial charge in [0.1, 0.15) is 11.4 Å². The summed E-state index contributed by atoms with van der Waals surface area (Å²) in [6.07, 6.45) is 3.70. The van der Waals surface area contributed by atoms with Gasteiger partial charge in [-0.05, 0) is 38.3 Å². The number of hydrogen-bond donors (Lipinski definition) is 2. The van der Waals surface area contributed by atoms with Gasteiger partial charge in [-0.15, -0.1) is 0 Å². The molecule has 146 valence electrons. The zero-order valence-electron chi connectivity index (χ0n) is 16.1. The molecule has 0 bridgehead atoms. The van der Waals surface area contributed by atoms with Crippen molar-refractivity contribution in [2.75, 3.05) is 36.4 Å². The number of carbonyl (C=O) groups excluding carboxylic acids is 1. The van der Waals surface area contributed by atoms with Crippen LogP contribution in [0.4, 0.5) is 11.8 Å². The summed E-state index contributed by atoms with van der Waals surface area (Å²) >= 11 is 0. The predicted molar refractivity (Wildman–Crippen MR) is 110 cm³/mol. The zero-order chi connectivity index (χ0) is 19.3. The SMILES string of the molecule is Cc1cc(N2CCCCC2)nc(NCCNC(=O)c2cc3ccccc3o2)n1. The molecule has 3 heterocycles. The summed E-state index contributed by atoms with van der Waals surface area (Å²) in [5.41, 5.74) is 1.65. The van der Waals surface area contributed by atoms with Crippen LogP contribution in [0.3, 0.4) is 0 Å². The van der Waals surface area contributed by atoms with E-state index >= 15 is 0 Å². The number of fused-ring (bicyclic) bond motifs is 1. The smallest absolute Gasteiger partial charge is 0.287 e. The second-order valence-corrected chi connectivity index (χ2v) is 7.07. The quantitative estimate of drug-likeness (QED) is 0.639. The van der Waals surface area contributed by atoms with Gasteiger partial charge in [-0.25, -0.2) is 4.98 Å². The zero-order valence-corrected chi connectivity index (χ0v) is 16.1. The molecule has 0 unspecified atom stereocenters. The Morgan fingerprint density at radius 2 is 1.93 bits per heavy atom. The van der Waals surface area contributed by atoms with Crippen molar-refractivity contribution < 1.29 is 9.21 Å². The fourth-order valence-electron chi connectivity index (χ4n) is 3.45. The molecular weight excluding hydrogens is 354 g/mol. The van der Waals surface area contributed by atoms with E-state index in [-0.39, 0.29) is 5.91 Å². The van der Waals surface area contributed by atoms with E-state index in [4.69, 9.17) is 4.42 Å². The van der Waals surface area contributed by atoms with Crippen LogP contribution >= 0.6 is 0 Å². The Morgan fingerprint density at radius 1 is 1.11 bits per heavy atom. The first kappa shape index (κ1) is 18.3. The van der Waals surface area contributed by atoms with Crippen LogP contribution in [0.1, 0.15) is 35.5 Å². The highest BCUT2D eigenvalue weighted by molar-refractivity contribution is 5.96. The molecular formula is C21H25N5O2. The van der Waals surface area contributed by atoms with E-state index in [2.05, 4.69) is 25.5 Å². The maximum atomic E-state index is 12.3. The molecule has 0 spiro atoms. The summed E-state index contributed by atoms with van der Waals surface area (Å²) in [4.78, 5) is 23.7. The van der Waals surface area contributed by atoms with Crippen molar-refractivity contribution in [2.24, 2.45) is 0 Å². The average Bonchev–Trinajstić information content (AvgIpc) is 3.16. The van der Waals surface area contributed by atoms with Gasteiger partial charge >= 0.3 is 0 Å². The molecule has 0 atom stereocenters. The fraction of sp³-hybridized carbons (Fsp3) is 0.381. The maximum Gasteiger partial charge on any atom is 0.287 e. The molecule has 1 aliphatic heterocycles. The topological polar surface area (TPSA) is 83.3 Å². The maximum absolute atomic E-state index is 12.3. The molecule has 1 aromatic carbocycles. The van der Waals surface area contributed by atoms with Gasteiger partial charge < -0.3 is 20.0 Å². The fourth-order valence-corrected chi connectivity index (χ4v) is 3.45. The Morgan fingerprint density at radius 3 is 2.75 bits per heavy atom. The predicted octanol–water partition coefficient (Wildman–Crippen LogP) is 3.36. The Kier molecular flexibility index (Phi) is 5.41. The minimum absolute atomic E-state index is 0.225. The first-order chi connectivity index (χ1) is 13.7. The molecule has 1 aliphatic rings. The van der Waals surface area contributed by atoms with Crippen LogP contribution in [0.2, 0.25) is 0 Å². The minimum Gasteiger partial charge on any atom is -0.451 e. The Bertz CT molecular complexity index is 929. The number of aryl methyl sites for hydroxylation is 1. The summed E-state index contributed by atoms with van der Waals surface area (Å²) in [5, 5.41) is 6.99. The lowest BCUT2D eigenvalue weighted by Gasteiger charge is -2.28. The van der Waals surface area contributed by atoms with Gasteiger partial charge in [0.2, 0.25) is 5.95 Å². The average molecular weight is 379 g/mol. The van der Waals surface area contributed by atoms with Crippen LogP contribution in [0.5, 0.6) is 0 Å². The monoisotopic (exact) mass is 379 g/mol. The summed E-state index contributed by atoms with van der Waals surface area (Å²) in [5.74, 6) is 1.66. The molecule has 1 amide bonds. The van der Waals surface area contributed by atoms with Crippen molar-refractivity contribution in [2.45, 2.75) is 26.2 Å². The molecule has 28 heavy (non-hydrogen) atoms. The standard InChI is InChI=1S/C21H25N5O2/c1-15-13-19(26-11-5-2-6-12-26)25-21(24-15)23-10-9-22-20(27)18-14-16-7-3-4-8-17(16)28-18/h3-4,7-8,13-14H,2,5-6,9-12H2,1H3,(H,22,27)(H,23,24,25). The number of rotatable bonds is 6. The number of hydrogen-bond acceptors (Lipinski definition) is 6. The first-order valence-corrected chi connectivity index (χ1v) is 9.80. The molecule has 7 heteroatoms. The Hall–Kier alpha value is -3.09. The van der Waals surface area contributed by atoms with Crippen LogP contribution in [-0.2, 0) is 0 Å². The number of carbonyl (C=O) groups is 1. The summed E-state index contributed by atoms with van der Waals surface area (Å²) in [6, 6.07) is 11.4. The highest BCUT2D eigenvalue weighted by atomic mass is 16.3. The van der Waals surface area contributed by atoms with Crippen LogP contribution in [-0.4, -0.2) is 42.1 Å². The first-order valence-electron chi connectivity index (χ1n) is 9.80. The molecule has 0 radical (unpaired) electrons. The van der Waals surface area contributed by atoms with Crippen LogP contribution in [0.25, 0.3) is 11.0 Å². The van der Waals surface area contributed by atoms with Crippen LogP contribution in [0.15, 0.2) is 40.8 Å². The van der Waals surface area contributed by atoms with E-state index in [1.165, 1.54) is 19.3 Å². The number of aromatic nitrogens is 2. The third kappa shape index (κ3) is 4.24. The normalized spacial score (nSPS) is 14.2. The van der Waals surface area contributed by atoms with Crippen LogP contribution < -0.4 is 15.5 Å². The van der Waals surface area contributed by atoms with Gasteiger partial charge in [-0.1, -0.05) is 18.2 Å². The van der Waals surface area contributed by atoms with Crippen molar-refractivity contribution in [1.29, 1.82) is 0 Å². The molecule has 1 saturated heterocycles. The summed E-state index contributed by atoms with van der Waals surface area (Å²) in [7, 11) is 0. The minimum atomic E-state index is -0.225. The Labute approximate surface area is 164 Å². The molecule has 4 rings (SSSR count). The van der Waals surface area contributed by atoms with Crippen molar-refractivity contribution in [3.8, 4) is 0 Å². The lowest BCUT2D eigenvalue weighted by atomic mass is 10.1. The van der Waals surface area contributed by atoms with Gasteiger partial charge in [0, 0.05) is 43.3 Å². The van der Waals surface area contributed by atoms with Crippen molar-refractivity contribution in [3.63, 3.8) is 0 Å². The Balaban J connectivity index is 1.31. The number of anilines is 2. The summed E-state index contributed by atoms with van der Waals surface area (Å²) < 4.78 is 5.58. The van der Waals surface area contributed by atoms with Crippen molar-refractivity contribution in [3.05, 3.63) is 47.9 Å². The lowest BCUT2D eigenvalue weighted by Crippen LogP contribution is -2.31. The van der Waals surface area contributed by atoms with Gasteiger partial charge in [-0.2, -0.15) is 4.98 Å². The molecule has 0 aliphatic carbocycles. The number of piperidine rings is 1. The van der Waals surface area contributed by atoms with E-state index in [1.807, 2.05) is 37.3 Å². The van der Waals surface area contributed by atoms with Crippen molar-refractivity contribution >= 4 is 28.6 Å². The molecule has 3 aromatic rings. The number of benzene rings is 1. The molecule has 1 fully saturated rings. The largest absolute Gasteiger partial charge is 0.451 e. The second-order valence-electron chi connectivity index (χ2n) is 7.07. The molecule has 0 saturated carbocycles. The van der Waals surface area contributed by atoms with Crippen LogP contribution in [0, 0.1) is 6.92 Å². The number of furan rings is 1. The van der Waals surface area contributed by atoms with Gasteiger partial charge in [0.25, 0.3) is 5.91 Å². The number of nitrogens with zero attached hydrogens (tertiary/aromatic N) is 3. The highest BCUT2D eigenvalue weighted by Gasteiger charge is 2.14. The molecule has 7 nitrogen and oxygen atoms in total. The van der Waals surface area contributed by atoms with Gasteiger partial charge in [0.05, 0.1) is 0 Å².